The summed E-state index contributed by atoms with van der Waals surface area (Å²) in [6.07, 6.45) is 8.92. The van der Waals surface area contributed by atoms with Crippen LogP contribution >= 0.6 is 0 Å². The van der Waals surface area contributed by atoms with Gasteiger partial charge in [-0.05, 0) is 58.9 Å². The molecular formula is C21H41N5O. The Morgan fingerprint density at radius 3 is 2.74 bits per heavy atom. The monoisotopic (exact) mass is 379 g/mol. The van der Waals surface area contributed by atoms with Gasteiger partial charge in [0, 0.05) is 51.2 Å². The number of hydrogen-bond acceptors (Lipinski definition) is 3. The summed E-state index contributed by atoms with van der Waals surface area (Å²) in [5.41, 5.74) is 0. The molecule has 0 aromatic heterocycles. The Hall–Kier alpha value is -1.30. The first-order chi connectivity index (χ1) is 13.2. The van der Waals surface area contributed by atoms with Gasteiger partial charge in [0.25, 0.3) is 0 Å². The van der Waals surface area contributed by atoms with Gasteiger partial charge >= 0.3 is 0 Å². The lowest BCUT2D eigenvalue weighted by atomic mass is 10.0. The first-order valence-electron chi connectivity index (χ1n) is 11.2. The fourth-order valence-corrected chi connectivity index (χ4v) is 4.29. The van der Waals surface area contributed by atoms with Crippen molar-refractivity contribution in [3.8, 4) is 0 Å². The number of aliphatic imine (C=N–C) groups is 1. The third-order valence-corrected chi connectivity index (χ3v) is 5.95. The molecule has 0 saturated carbocycles. The van der Waals surface area contributed by atoms with E-state index in [0.29, 0.717) is 11.9 Å². The Morgan fingerprint density at radius 1 is 1.22 bits per heavy atom. The Morgan fingerprint density at radius 2 is 2.07 bits per heavy atom. The number of nitrogens with zero attached hydrogens (tertiary/aromatic N) is 3. The summed E-state index contributed by atoms with van der Waals surface area (Å²) in [5.74, 6) is 1.24. The molecule has 6 heteroatoms. The zero-order chi connectivity index (χ0) is 19.5. The van der Waals surface area contributed by atoms with Gasteiger partial charge in [0.15, 0.2) is 5.96 Å². The van der Waals surface area contributed by atoms with E-state index in [2.05, 4.69) is 41.2 Å². The fourth-order valence-electron chi connectivity index (χ4n) is 4.29. The summed E-state index contributed by atoms with van der Waals surface area (Å²) in [6.45, 7) is 12.6. The number of piperidine rings is 1. The van der Waals surface area contributed by atoms with E-state index in [1.807, 2.05) is 0 Å². The van der Waals surface area contributed by atoms with E-state index < -0.39 is 0 Å². The van der Waals surface area contributed by atoms with Crippen LogP contribution in [-0.2, 0) is 4.79 Å². The van der Waals surface area contributed by atoms with Gasteiger partial charge in [-0.25, -0.2) is 0 Å². The minimum Gasteiger partial charge on any atom is -0.357 e. The van der Waals surface area contributed by atoms with E-state index in [9.17, 15) is 4.79 Å². The molecule has 2 aliphatic rings. The highest BCUT2D eigenvalue weighted by molar-refractivity contribution is 5.80. The Labute approximate surface area is 166 Å². The molecule has 156 valence electrons. The molecule has 2 unspecified atom stereocenters. The van der Waals surface area contributed by atoms with Crippen molar-refractivity contribution < 1.29 is 4.79 Å². The smallest absolute Gasteiger partial charge is 0.222 e. The van der Waals surface area contributed by atoms with Gasteiger partial charge in [-0.2, -0.15) is 0 Å². The van der Waals surface area contributed by atoms with Crippen molar-refractivity contribution in [1.29, 1.82) is 0 Å². The molecule has 0 radical (unpaired) electrons. The van der Waals surface area contributed by atoms with Gasteiger partial charge < -0.3 is 20.4 Å². The quantitative estimate of drug-likeness (QED) is 0.348. The van der Waals surface area contributed by atoms with Crippen LogP contribution in [0.15, 0.2) is 4.99 Å². The molecule has 0 bridgehead atoms. The summed E-state index contributed by atoms with van der Waals surface area (Å²) in [5, 5.41) is 6.80. The first kappa shape index (κ1) is 22.0. The van der Waals surface area contributed by atoms with Gasteiger partial charge in [0.05, 0.1) is 0 Å². The number of rotatable bonds is 10. The topological polar surface area (TPSA) is 60.0 Å². The molecule has 2 atom stereocenters. The highest BCUT2D eigenvalue weighted by Crippen LogP contribution is 2.18. The molecule has 2 aliphatic heterocycles. The van der Waals surface area contributed by atoms with Crippen molar-refractivity contribution in [1.82, 2.24) is 20.4 Å². The van der Waals surface area contributed by atoms with Crippen molar-refractivity contribution in [3.05, 3.63) is 0 Å². The minimum atomic E-state index is 0.328. The molecule has 0 spiro atoms. The molecule has 2 saturated heterocycles. The van der Waals surface area contributed by atoms with E-state index in [1.54, 1.807) is 0 Å². The highest BCUT2D eigenvalue weighted by Gasteiger charge is 2.26. The van der Waals surface area contributed by atoms with E-state index in [-0.39, 0.29) is 0 Å². The van der Waals surface area contributed by atoms with Crippen LogP contribution in [0.3, 0.4) is 0 Å². The molecule has 2 heterocycles. The molecule has 1 amide bonds. The second kappa shape index (κ2) is 12.2. The molecule has 27 heavy (non-hydrogen) atoms. The predicted molar refractivity (Wildman–Crippen MR) is 113 cm³/mol. The summed E-state index contributed by atoms with van der Waals surface area (Å²) in [6, 6.07) is 1.09. The minimum absolute atomic E-state index is 0.328. The lowest BCUT2D eigenvalue weighted by molar-refractivity contribution is -0.129. The Bertz CT molecular complexity index is 467. The van der Waals surface area contributed by atoms with Gasteiger partial charge in [-0.15, -0.1) is 0 Å². The first-order valence-corrected chi connectivity index (χ1v) is 11.2. The molecule has 0 aromatic carbocycles. The van der Waals surface area contributed by atoms with Crippen molar-refractivity contribution in [3.63, 3.8) is 0 Å². The molecule has 0 aromatic rings. The molecular weight excluding hydrogens is 338 g/mol. The summed E-state index contributed by atoms with van der Waals surface area (Å²) < 4.78 is 0. The van der Waals surface area contributed by atoms with E-state index in [4.69, 9.17) is 4.99 Å². The number of guanidine groups is 1. The van der Waals surface area contributed by atoms with Crippen LogP contribution in [0.4, 0.5) is 0 Å². The van der Waals surface area contributed by atoms with Crippen LogP contribution < -0.4 is 10.6 Å². The number of amides is 1. The standard InChI is InChI=1S/C21H41N5O/c1-4-19(26-17-8-11-20(26)27)12-14-24-21(22-5-2)23-13-9-16-25-15-7-6-10-18(25)3/h18-19H,4-17H2,1-3H3,(H2,22,23,24). The van der Waals surface area contributed by atoms with Gasteiger partial charge in [0.2, 0.25) is 5.91 Å². The number of carbonyl (C=O) groups excluding carboxylic acids is 1. The second-order valence-corrected chi connectivity index (χ2v) is 7.96. The molecule has 6 nitrogen and oxygen atoms in total. The maximum Gasteiger partial charge on any atom is 0.222 e. The maximum absolute atomic E-state index is 12.0. The Kier molecular flexibility index (Phi) is 9.95. The maximum atomic E-state index is 12.0. The third-order valence-electron chi connectivity index (χ3n) is 5.95. The average molecular weight is 380 g/mol. The normalized spacial score (nSPS) is 22.9. The van der Waals surface area contributed by atoms with E-state index in [0.717, 1.165) is 76.8 Å². The highest BCUT2D eigenvalue weighted by atomic mass is 16.2. The third kappa shape index (κ3) is 7.32. The van der Waals surface area contributed by atoms with Crippen molar-refractivity contribution >= 4 is 11.9 Å². The fraction of sp³-hybridized carbons (Fsp3) is 0.905. The second-order valence-electron chi connectivity index (χ2n) is 7.96. The van der Waals surface area contributed by atoms with E-state index >= 15 is 0 Å². The molecule has 2 rings (SSSR count). The predicted octanol–water partition coefficient (Wildman–Crippen LogP) is 2.60. The van der Waals surface area contributed by atoms with Crippen LogP contribution in [0.2, 0.25) is 0 Å². The lowest BCUT2D eigenvalue weighted by Crippen LogP contribution is -2.42. The van der Waals surface area contributed by atoms with Gasteiger partial charge in [-0.1, -0.05) is 13.3 Å². The zero-order valence-corrected chi connectivity index (χ0v) is 17.8. The molecule has 2 N–H and O–H groups in total. The summed E-state index contributed by atoms with van der Waals surface area (Å²) >= 11 is 0. The Balaban J connectivity index is 1.70. The van der Waals surface area contributed by atoms with Crippen LogP contribution in [-0.4, -0.2) is 73.0 Å². The summed E-state index contributed by atoms with van der Waals surface area (Å²) in [4.78, 5) is 21.4. The zero-order valence-electron chi connectivity index (χ0n) is 17.8. The lowest BCUT2D eigenvalue weighted by Gasteiger charge is -2.33. The van der Waals surface area contributed by atoms with Gasteiger partial charge in [0.1, 0.15) is 0 Å². The number of nitrogens with one attached hydrogen (secondary N) is 2. The average Bonchev–Trinajstić information content (AvgIpc) is 3.09. The summed E-state index contributed by atoms with van der Waals surface area (Å²) in [7, 11) is 0. The molecule has 0 aliphatic carbocycles. The van der Waals surface area contributed by atoms with Gasteiger partial charge in [-0.3, -0.25) is 9.79 Å². The van der Waals surface area contributed by atoms with Crippen molar-refractivity contribution in [2.24, 2.45) is 4.99 Å². The van der Waals surface area contributed by atoms with Crippen molar-refractivity contribution in [2.75, 3.05) is 39.3 Å². The number of carbonyl (C=O) groups is 1. The van der Waals surface area contributed by atoms with Crippen LogP contribution in [0, 0.1) is 0 Å². The van der Waals surface area contributed by atoms with Crippen LogP contribution in [0.1, 0.15) is 72.1 Å². The SMILES string of the molecule is CCNC(=NCCCN1CCCCC1C)NCCC(CC)N1CCCC1=O. The van der Waals surface area contributed by atoms with E-state index in [1.165, 1.54) is 25.8 Å². The van der Waals surface area contributed by atoms with Crippen LogP contribution in [0.5, 0.6) is 0 Å². The van der Waals surface area contributed by atoms with Crippen molar-refractivity contribution in [2.45, 2.75) is 84.2 Å². The number of likely N-dealkylation sites (tertiary alicyclic amines) is 2. The number of hydrogen-bond donors (Lipinski definition) is 2. The largest absolute Gasteiger partial charge is 0.357 e. The molecule has 2 fully saturated rings. The van der Waals surface area contributed by atoms with Crippen LogP contribution in [0.25, 0.3) is 0 Å².